The maximum Gasteiger partial charge on any atom is 0.331 e. The predicted molar refractivity (Wildman–Crippen MR) is 62.6 cm³/mol. The molecule has 2 amide bonds. The molecule has 0 aromatic carbocycles. The summed E-state index contributed by atoms with van der Waals surface area (Å²) in [6, 6.07) is 0. The number of hydrogen-bond donors (Lipinski definition) is 1. The first-order valence-electron chi connectivity index (χ1n) is 5.63. The molecule has 1 heterocycles. The molecule has 1 rings (SSSR count). The van der Waals surface area contributed by atoms with E-state index >= 15 is 0 Å². The fourth-order valence-corrected chi connectivity index (χ4v) is 1.28. The molecule has 1 aliphatic heterocycles. The van der Waals surface area contributed by atoms with Gasteiger partial charge < -0.3 is 9.47 Å². The molecule has 0 spiro atoms. The van der Waals surface area contributed by atoms with Crippen LogP contribution in [-0.4, -0.2) is 35.5 Å². The summed E-state index contributed by atoms with van der Waals surface area (Å²) >= 11 is 0. The van der Waals surface area contributed by atoms with E-state index in [1.165, 1.54) is 0 Å². The van der Waals surface area contributed by atoms with Gasteiger partial charge in [0, 0.05) is 12.2 Å². The van der Waals surface area contributed by atoms with Gasteiger partial charge in [-0.2, -0.15) is 0 Å². The maximum absolute atomic E-state index is 11.3. The highest BCUT2D eigenvalue weighted by molar-refractivity contribution is 6.06. The molecule has 1 fully saturated rings. The van der Waals surface area contributed by atoms with E-state index in [9.17, 15) is 19.2 Å². The number of nitrogens with one attached hydrogen (secondary N) is 1. The highest BCUT2D eigenvalue weighted by Crippen LogP contribution is 2.08. The number of amides is 2. The van der Waals surface area contributed by atoms with Crippen molar-refractivity contribution < 1.29 is 28.7 Å². The molecule has 7 heteroatoms. The first kappa shape index (κ1) is 14.9. The van der Waals surface area contributed by atoms with Crippen LogP contribution in [0.3, 0.4) is 0 Å². The smallest absolute Gasteiger partial charge is 0.331 e. The van der Waals surface area contributed by atoms with Crippen LogP contribution < -0.4 is 5.32 Å². The van der Waals surface area contributed by atoms with Gasteiger partial charge in [0.2, 0.25) is 5.91 Å². The monoisotopic (exact) mass is 269 g/mol. The fraction of sp³-hybridized carbons (Fsp3) is 0.500. The summed E-state index contributed by atoms with van der Waals surface area (Å²) in [6.07, 6.45) is 0.417. The Balaban J connectivity index is 2.45. The van der Waals surface area contributed by atoms with Crippen molar-refractivity contribution in [3.63, 3.8) is 0 Å². The van der Waals surface area contributed by atoms with E-state index in [0.717, 1.165) is 12.2 Å². The van der Waals surface area contributed by atoms with Gasteiger partial charge in [0.1, 0.15) is 5.60 Å². The van der Waals surface area contributed by atoms with Crippen LogP contribution in [0.1, 0.15) is 27.2 Å². The summed E-state index contributed by atoms with van der Waals surface area (Å²) in [5, 5.41) is 2.00. The summed E-state index contributed by atoms with van der Waals surface area (Å²) in [5.41, 5.74) is -0.664. The maximum atomic E-state index is 11.3. The zero-order valence-corrected chi connectivity index (χ0v) is 10.9. The molecule has 0 radical (unpaired) electrons. The average Bonchev–Trinajstić information content (AvgIpc) is 2.52. The van der Waals surface area contributed by atoms with Crippen LogP contribution in [0.15, 0.2) is 12.2 Å². The van der Waals surface area contributed by atoms with Gasteiger partial charge in [-0.3, -0.25) is 14.9 Å². The van der Waals surface area contributed by atoms with Gasteiger partial charge in [-0.1, -0.05) is 0 Å². The van der Waals surface area contributed by atoms with Gasteiger partial charge in [-0.25, -0.2) is 9.59 Å². The van der Waals surface area contributed by atoms with Crippen LogP contribution in [0.2, 0.25) is 0 Å². The fourth-order valence-electron chi connectivity index (χ4n) is 1.28. The van der Waals surface area contributed by atoms with E-state index in [1.807, 2.05) is 5.32 Å². The Morgan fingerprint density at radius 1 is 1.21 bits per heavy atom. The van der Waals surface area contributed by atoms with Crippen molar-refractivity contribution in [1.82, 2.24) is 5.32 Å². The standard InChI is InChI=1S/C12H15NO6/c1-12(2,3)19-10(16)5-4-9(15)18-7-6-8(14)13-11(7)17/h4-5,7H,6H2,1-3H3,(H,13,14,17)/b5-4+. The highest BCUT2D eigenvalue weighted by atomic mass is 16.6. The SMILES string of the molecule is CC(C)(C)OC(=O)/C=C/C(=O)OC1CC(=O)NC1=O. The molecule has 1 aliphatic rings. The second kappa shape index (κ2) is 5.64. The zero-order valence-electron chi connectivity index (χ0n) is 10.9. The largest absolute Gasteiger partial charge is 0.457 e. The van der Waals surface area contributed by atoms with Crippen molar-refractivity contribution in [2.24, 2.45) is 0 Å². The third kappa shape index (κ3) is 5.33. The lowest BCUT2D eigenvalue weighted by molar-refractivity contribution is -0.151. The van der Waals surface area contributed by atoms with Gasteiger partial charge in [0.05, 0.1) is 6.42 Å². The predicted octanol–water partition coefficient (Wildman–Crippen LogP) is -0.157. The van der Waals surface area contributed by atoms with E-state index in [-0.39, 0.29) is 6.42 Å². The Labute approximate surface area is 109 Å². The van der Waals surface area contributed by atoms with Gasteiger partial charge >= 0.3 is 11.9 Å². The summed E-state index contributed by atoms with van der Waals surface area (Å²) in [6.45, 7) is 5.06. The molecule has 104 valence electrons. The minimum atomic E-state index is -1.14. The van der Waals surface area contributed by atoms with Crippen LogP contribution in [0, 0.1) is 0 Å². The van der Waals surface area contributed by atoms with Crippen molar-refractivity contribution in [1.29, 1.82) is 0 Å². The summed E-state index contributed by atoms with van der Waals surface area (Å²) < 4.78 is 9.64. The molecule has 1 N–H and O–H groups in total. The van der Waals surface area contributed by atoms with Crippen LogP contribution in [0.4, 0.5) is 0 Å². The van der Waals surface area contributed by atoms with Crippen LogP contribution in [0.25, 0.3) is 0 Å². The number of ether oxygens (including phenoxy) is 2. The van der Waals surface area contributed by atoms with E-state index in [2.05, 4.69) is 0 Å². The van der Waals surface area contributed by atoms with Gasteiger partial charge in [-0.05, 0) is 20.8 Å². The number of esters is 2. The highest BCUT2D eigenvalue weighted by Gasteiger charge is 2.33. The molecule has 0 bridgehead atoms. The lowest BCUT2D eigenvalue weighted by Crippen LogP contribution is -2.28. The van der Waals surface area contributed by atoms with E-state index < -0.39 is 35.5 Å². The number of hydrogen-bond acceptors (Lipinski definition) is 6. The van der Waals surface area contributed by atoms with Crippen LogP contribution >= 0.6 is 0 Å². The van der Waals surface area contributed by atoms with E-state index in [1.54, 1.807) is 20.8 Å². The lowest BCUT2D eigenvalue weighted by Gasteiger charge is -2.17. The molecule has 0 aromatic heterocycles. The Morgan fingerprint density at radius 2 is 1.79 bits per heavy atom. The Kier molecular flexibility index (Phi) is 4.42. The second-order valence-electron chi connectivity index (χ2n) is 4.91. The zero-order chi connectivity index (χ0) is 14.6. The molecular weight excluding hydrogens is 254 g/mol. The summed E-state index contributed by atoms with van der Waals surface area (Å²) in [4.78, 5) is 44.6. The van der Waals surface area contributed by atoms with Gasteiger partial charge in [0.25, 0.3) is 5.91 Å². The molecule has 1 saturated heterocycles. The molecule has 0 aromatic rings. The Morgan fingerprint density at radius 3 is 2.26 bits per heavy atom. The molecule has 0 aliphatic carbocycles. The number of rotatable bonds is 3. The normalized spacial score (nSPS) is 19.4. The van der Waals surface area contributed by atoms with Gasteiger partial charge in [0.15, 0.2) is 6.10 Å². The van der Waals surface area contributed by atoms with Crippen LogP contribution in [0.5, 0.6) is 0 Å². The van der Waals surface area contributed by atoms with E-state index in [0.29, 0.717) is 0 Å². The van der Waals surface area contributed by atoms with Crippen molar-refractivity contribution in [3.05, 3.63) is 12.2 Å². The molecule has 1 atom stereocenters. The molecule has 0 saturated carbocycles. The third-order valence-corrected chi connectivity index (χ3v) is 1.95. The third-order valence-electron chi connectivity index (χ3n) is 1.95. The van der Waals surface area contributed by atoms with Crippen molar-refractivity contribution >= 4 is 23.8 Å². The minimum Gasteiger partial charge on any atom is -0.457 e. The molecular formula is C12H15NO6. The Hall–Kier alpha value is -2.18. The molecule has 19 heavy (non-hydrogen) atoms. The first-order valence-corrected chi connectivity index (χ1v) is 5.63. The Bertz CT molecular complexity index is 446. The number of carbonyl (C=O) groups excluding carboxylic acids is 4. The summed E-state index contributed by atoms with van der Waals surface area (Å²) in [7, 11) is 0. The molecule has 7 nitrogen and oxygen atoms in total. The van der Waals surface area contributed by atoms with Crippen molar-refractivity contribution in [2.45, 2.75) is 38.9 Å². The first-order chi connectivity index (χ1) is 8.67. The van der Waals surface area contributed by atoms with Crippen molar-refractivity contribution in [2.75, 3.05) is 0 Å². The lowest BCUT2D eigenvalue weighted by atomic mass is 10.2. The van der Waals surface area contributed by atoms with E-state index in [4.69, 9.17) is 9.47 Å². The average molecular weight is 269 g/mol. The number of imide groups is 1. The van der Waals surface area contributed by atoms with Crippen LogP contribution in [-0.2, 0) is 28.7 Å². The number of carbonyl (C=O) groups is 4. The summed E-state index contributed by atoms with van der Waals surface area (Å²) in [5.74, 6) is -2.75. The van der Waals surface area contributed by atoms with Gasteiger partial charge in [-0.15, -0.1) is 0 Å². The molecule has 1 unspecified atom stereocenters. The minimum absolute atomic E-state index is 0.204. The van der Waals surface area contributed by atoms with Crippen molar-refractivity contribution in [3.8, 4) is 0 Å². The topological polar surface area (TPSA) is 98.8 Å². The quantitative estimate of drug-likeness (QED) is 0.434. The second-order valence-corrected chi connectivity index (χ2v) is 4.91.